The van der Waals surface area contributed by atoms with E-state index in [-0.39, 0.29) is 5.41 Å². The van der Waals surface area contributed by atoms with Crippen LogP contribution in [0.5, 0.6) is 0 Å². The first-order valence-corrected chi connectivity index (χ1v) is 4.43. The summed E-state index contributed by atoms with van der Waals surface area (Å²) >= 11 is 0. The summed E-state index contributed by atoms with van der Waals surface area (Å²) in [6.45, 7) is 5.24. The Kier molecular flexibility index (Phi) is 4.85. The van der Waals surface area contributed by atoms with E-state index in [4.69, 9.17) is 10.2 Å². The third kappa shape index (κ3) is 5.21. The first kappa shape index (κ1) is 12.8. The molecule has 0 aromatic rings. The summed E-state index contributed by atoms with van der Waals surface area (Å²) in [5.74, 6) is 0. The van der Waals surface area contributed by atoms with Gasteiger partial charge in [0.05, 0.1) is 12.7 Å². The molecule has 80 valence electrons. The Morgan fingerprint density at radius 2 is 1.46 bits per heavy atom. The van der Waals surface area contributed by atoms with E-state index in [0.717, 1.165) is 0 Å². The van der Waals surface area contributed by atoms with E-state index in [9.17, 15) is 10.2 Å². The van der Waals surface area contributed by atoms with Gasteiger partial charge in [-0.15, -0.1) is 0 Å². The highest BCUT2D eigenvalue weighted by Gasteiger charge is 2.27. The van der Waals surface area contributed by atoms with Gasteiger partial charge in [-0.05, 0) is 11.8 Å². The minimum atomic E-state index is -1.27. The van der Waals surface area contributed by atoms with Crippen molar-refractivity contribution in [1.82, 2.24) is 0 Å². The molecule has 4 N–H and O–H groups in total. The Bertz CT molecular complexity index is 141. The van der Waals surface area contributed by atoms with Crippen LogP contribution < -0.4 is 0 Å². The molecule has 4 heteroatoms. The second-order valence-electron chi connectivity index (χ2n) is 4.57. The van der Waals surface area contributed by atoms with E-state index in [1.54, 1.807) is 0 Å². The van der Waals surface area contributed by atoms with Gasteiger partial charge in [0, 0.05) is 0 Å². The predicted octanol–water partition coefficient (Wildman–Crippen LogP) is -0.502. The number of hydrogen-bond acceptors (Lipinski definition) is 4. The molecular weight excluding hydrogens is 172 g/mol. The summed E-state index contributed by atoms with van der Waals surface area (Å²) in [6, 6.07) is 0. The molecule has 0 bridgehead atoms. The normalized spacial score (nSPS) is 19.6. The lowest BCUT2D eigenvalue weighted by Crippen LogP contribution is -2.41. The van der Waals surface area contributed by atoms with E-state index in [2.05, 4.69) is 0 Å². The van der Waals surface area contributed by atoms with Crippen molar-refractivity contribution < 1.29 is 20.4 Å². The maximum absolute atomic E-state index is 9.43. The Morgan fingerprint density at radius 3 is 1.77 bits per heavy atom. The van der Waals surface area contributed by atoms with Gasteiger partial charge >= 0.3 is 0 Å². The fourth-order valence-corrected chi connectivity index (χ4v) is 1.11. The third-order valence-electron chi connectivity index (χ3n) is 1.80. The zero-order chi connectivity index (χ0) is 10.6. The zero-order valence-corrected chi connectivity index (χ0v) is 8.44. The average molecular weight is 192 g/mol. The maximum Gasteiger partial charge on any atom is 0.108 e. The molecule has 0 saturated heterocycles. The lowest BCUT2D eigenvalue weighted by atomic mass is 9.86. The van der Waals surface area contributed by atoms with E-state index in [0.29, 0.717) is 6.42 Å². The molecule has 3 unspecified atom stereocenters. The monoisotopic (exact) mass is 192 g/mol. The predicted molar refractivity (Wildman–Crippen MR) is 49.2 cm³/mol. The van der Waals surface area contributed by atoms with Crippen LogP contribution in [0.1, 0.15) is 27.2 Å². The van der Waals surface area contributed by atoms with Crippen LogP contribution in [0.15, 0.2) is 0 Å². The van der Waals surface area contributed by atoms with Gasteiger partial charge in [-0.1, -0.05) is 20.8 Å². The molecule has 0 aliphatic rings. The van der Waals surface area contributed by atoms with Crippen LogP contribution in [0, 0.1) is 5.41 Å². The second-order valence-corrected chi connectivity index (χ2v) is 4.57. The molecule has 0 aliphatic heterocycles. The number of aliphatic hydroxyl groups is 4. The Labute approximate surface area is 78.8 Å². The minimum absolute atomic E-state index is 0.116. The molecule has 0 aliphatic carbocycles. The molecule has 3 atom stereocenters. The summed E-state index contributed by atoms with van der Waals surface area (Å²) in [4.78, 5) is 0. The molecule has 0 aromatic carbocycles. The molecule has 0 amide bonds. The van der Waals surface area contributed by atoms with Crippen LogP contribution in [0.2, 0.25) is 0 Å². The Balaban J connectivity index is 4.03. The van der Waals surface area contributed by atoms with Crippen molar-refractivity contribution in [3.63, 3.8) is 0 Å². The molecular formula is C9H20O4. The van der Waals surface area contributed by atoms with Crippen LogP contribution in [-0.4, -0.2) is 45.3 Å². The van der Waals surface area contributed by atoms with Crippen molar-refractivity contribution in [2.24, 2.45) is 5.41 Å². The highest BCUT2D eigenvalue weighted by Crippen LogP contribution is 2.22. The molecule has 13 heavy (non-hydrogen) atoms. The molecule has 0 fully saturated rings. The molecule has 0 radical (unpaired) electrons. The molecule has 0 spiro atoms. The first-order chi connectivity index (χ1) is 5.78. The van der Waals surface area contributed by atoms with Crippen molar-refractivity contribution in [3.8, 4) is 0 Å². The summed E-state index contributed by atoms with van der Waals surface area (Å²) < 4.78 is 0. The van der Waals surface area contributed by atoms with Gasteiger partial charge in [0.15, 0.2) is 0 Å². The van der Waals surface area contributed by atoms with Gasteiger partial charge in [0.2, 0.25) is 0 Å². The fourth-order valence-electron chi connectivity index (χ4n) is 1.11. The van der Waals surface area contributed by atoms with E-state index >= 15 is 0 Å². The lowest BCUT2D eigenvalue weighted by molar-refractivity contribution is -0.0860. The zero-order valence-electron chi connectivity index (χ0n) is 8.44. The fraction of sp³-hybridized carbons (Fsp3) is 1.00. The summed E-state index contributed by atoms with van der Waals surface area (Å²) in [7, 11) is 0. The van der Waals surface area contributed by atoms with Crippen LogP contribution in [0.25, 0.3) is 0 Å². The average Bonchev–Trinajstić information content (AvgIpc) is 1.98. The first-order valence-electron chi connectivity index (χ1n) is 4.43. The van der Waals surface area contributed by atoms with Gasteiger partial charge in [0.25, 0.3) is 0 Å². The summed E-state index contributed by atoms with van der Waals surface area (Å²) in [6.07, 6.45) is -3.16. The van der Waals surface area contributed by atoms with E-state index < -0.39 is 24.9 Å². The van der Waals surface area contributed by atoms with Gasteiger partial charge in [0.1, 0.15) is 12.2 Å². The van der Waals surface area contributed by atoms with Crippen LogP contribution in [-0.2, 0) is 0 Å². The molecule has 0 rings (SSSR count). The topological polar surface area (TPSA) is 80.9 Å². The highest BCUT2D eigenvalue weighted by atomic mass is 16.4. The number of rotatable bonds is 4. The minimum Gasteiger partial charge on any atom is -0.394 e. The van der Waals surface area contributed by atoms with Crippen molar-refractivity contribution in [2.75, 3.05) is 6.61 Å². The Hall–Kier alpha value is -0.160. The van der Waals surface area contributed by atoms with Gasteiger partial charge < -0.3 is 20.4 Å². The van der Waals surface area contributed by atoms with E-state index in [1.165, 1.54) is 0 Å². The maximum atomic E-state index is 9.43. The van der Waals surface area contributed by atoms with Gasteiger partial charge in [-0.2, -0.15) is 0 Å². The highest BCUT2D eigenvalue weighted by molar-refractivity contribution is 4.78. The van der Waals surface area contributed by atoms with E-state index in [1.807, 2.05) is 20.8 Å². The van der Waals surface area contributed by atoms with Crippen molar-refractivity contribution in [1.29, 1.82) is 0 Å². The number of aliphatic hydroxyl groups excluding tert-OH is 4. The van der Waals surface area contributed by atoms with Crippen LogP contribution in [0.4, 0.5) is 0 Å². The van der Waals surface area contributed by atoms with Gasteiger partial charge in [-0.3, -0.25) is 0 Å². The molecule has 4 nitrogen and oxygen atoms in total. The second kappa shape index (κ2) is 4.91. The van der Waals surface area contributed by atoms with Gasteiger partial charge in [-0.25, -0.2) is 0 Å². The SMILES string of the molecule is CC(C)(C)CC(O)C(O)C(O)CO. The molecule has 0 aromatic heterocycles. The van der Waals surface area contributed by atoms with Crippen molar-refractivity contribution in [2.45, 2.75) is 45.5 Å². The molecule has 0 heterocycles. The number of hydrogen-bond donors (Lipinski definition) is 4. The quantitative estimate of drug-likeness (QED) is 0.484. The van der Waals surface area contributed by atoms with Crippen molar-refractivity contribution >= 4 is 0 Å². The largest absolute Gasteiger partial charge is 0.394 e. The van der Waals surface area contributed by atoms with Crippen LogP contribution in [0.3, 0.4) is 0 Å². The Morgan fingerprint density at radius 1 is 1.00 bits per heavy atom. The third-order valence-corrected chi connectivity index (χ3v) is 1.80. The summed E-state index contributed by atoms with van der Waals surface area (Å²) in [5.41, 5.74) is -0.116. The lowest BCUT2D eigenvalue weighted by Gasteiger charge is -2.27. The standard InChI is InChI=1S/C9H20O4/c1-9(2,3)4-6(11)8(13)7(12)5-10/h6-8,10-13H,4-5H2,1-3H3. The van der Waals surface area contributed by atoms with Crippen LogP contribution >= 0.6 is 0 Å². The molecule has 0 saturated carbocycles. The smallest absolute Gasteiger partial charge is 0.108 e. The van der Waals surface area contributed by atoms with Crippen molar-refractivity contribution in [3.05, 3.63) is 0 Å². The summed E-state index contributed by atoms with van der Waals surface area (Å²) in [5, 5.41) is 36.3.